The maximum atomic E-state index is 12.3. The molecule has 1 aliphatic heterocycles. The Bertz CT molecular complexity index is 612. The van der Waals surface area contributed by atoms with Crippen LogP contribution in [0.1, 0.15) is 12.5 Å². The van der Waals surface area contributed by atoms with Gasteiger partial charge in [0.05, 0.1) is 5.25 Å². The fourth-order valence-corrected chi connectivity index (χ4v) is 4.14. The van der Waals surface area contributed by atoms with Crippen LogP contribution in [0.5, 0.6) is 5.75 Å². The molecule has 0 saturated carbocycles. The Labute approximate surface area is 142 Å². The third-order valence-corrected chi connectivity index (χ3v) is 5.14. The number of ether oxygens (including phenoxy) is 1. The van der Waals surface area contributed by atoms with E-state index in [1.807, 2.05) is 25.1 Å². The van der Waals surface area contributed by atoms with Gasteiger partial charge in [0.2, 0.25) is 5.91 Å². The minimum Gasteiger partial charge on any atom is -0.481 e. The first-order valence-electron chi connectivity index (χ1n) is 6.43. The van der Waals surface area contributed by atoms with Gasteiger partial charge in [0.1, 0.15) is 16.7 Å². The van der Waals surface area contributed by atoms with Gasteiger partial charge in [0, 0.05) is 11.0 Å². The highest BCUT2D eigenvalue weighted by Gasteiger charge is 2.36. The number of rotatable bonds is 5. The normalized spacial score (nSPS) is 18.0. The molecule has 1 amide bonds. The highest BCUT2D eigenvalue weighted by Crippen LogP contribution is 2.33. The minimum absolute atomic E-state index is 0.0652. The smallest absolute Gasteiger partial charge is 0.241 e. The van der Waals surface area contributed by atoms with Gasteiger partial charge in [-0.3, -0.25) is 9.69 Å². The molecule has 2 rings (SSSR count). The predicted octanol–water partition coefficient (Wildman–Crippen LogP) is 3.25. The number of halogens is 1. The van der Waals surface area contributed by atoms with Crippen molar-refractivity contribution >= 4 is 50.1 Å². The van der Waals surface area contributed by atoms with E-state index >= 15 is 0 Å². The van der Waals surface area contributed by atoms with Crippen molar-refractivity contribution in [1.29, 1.82) is 0 Å². The summed E-state index contributed by atoms with van der Waals surface area (Å²) in [6.07, 6.45) is 5.80. The van der Waals surface area contributed by atoms with Crippen LogP contribution in [0.3, 0.4) is 0 Å². The first-order valence-corrected chi connectivity index (χ1v) is 8.51. The Hall–Kier alpha value is -1.03. The third kappa shape index (κ3) is 3.79. The number of carbonyl (C=O) groups is 1. The van der Waals surface area contributed by atoms with Crippen LogP contribution in [0.2, 0.25) is 0 Å². The lowest BCUT2D eigenvalue weighted by Gasteiger charge is -2.14. The maximum absolute atomic E-state index is 12.3. The first-order chi connectivity index (χ1) is 10.1. The minimum atomic E-state index is -0.195. The van der Waals surface area contributed by atoms with E-state index in [1.165, 1.54) is 11.8 Å². The molecule has 1 fully saturated rings. The molecule has 3 nitrogen and oxygen atoms in total. The molecule has 110 valence electrons. The second kappa shape index (κ2) is 7.30. The number of carbonyl (C=O) groups excluding carboxylic acids is 1. The average molecular weight is 384 g/mol. The fraction of sp³-hybridized carbons (Fsp3) is 0.333. The van der Waals surface area contributed by atoms with Gasteiger partial charge in [0.15, 0.2) is 0 Å². The summed E-state index contributed by atoms with van der Waals surface area (Å²) in [5.41, 5.74) is 0.950. The summed E-state index contributed by atoms with van der Waals surface area (Å²) in [6, 6.07) is 5.70. The molecule has 0 bridgehead atoms. The van der Waals surface area contributed by atoms with Crippen LogP contribution in [0.25, 0.3) is 0 Å². The van der Waals surface area contributed by atoms with Gasteiger partial charge in [-0.25, -0.2) is 0 Å². The molecule has 1 aromatic carbocycles. The molecule has 0 spiro atoms. The summed E-state index contributed by atoms with van der Waals surface area (Å²) in [7, 11) is 0. The van der Waals surface area contributed by atoms with E-state index in [2.05, 4.69) is 21.9 Å². The van der Waals surface area contributed by atoms with E-state index in [-0.39, 0.29) is 17.8 Å². The Morgan fingerprint density at radius 1 is 1.57 bits per heavy atom. The van der Waals surface area contributed by atoms with Gasteiger partial charge in [-0.2, -0.15) is 0 Å². The molecular weight excluding hydrogens is 370 g/mol. The van der Waals surface area contributed by atoms with Crippen LogP contribution in [0, 0.1) is 12.3 Å². The molecule has 0 aliphatic carbocycles. The lowest BCUT2D eigenvalue weighted by Crippen LogP contribution is -2.31. The summed E-state index contributed by atoms with van der Waals surface area (Å²) in [5, 5.41) is -0.195. The summed E-state index contributed by atoms with van der Waals surface area (Å²) >= 11 is 10.1. The highest BCUT2D eigenvalue weighted by molar-refractivity contribution is 9.10. The molecule has 1 heterocycles. The van der Waals surface area contributed by atoms with Crippen molar-refractivity contribution in [3.05, 3.63) is 28.2 Å². The lowest BCUT2D eigenvalue weighted by atomic mass is 10.1. The van der Waals surface area contributed by atoms with E-state index in [1.54, 1.807) is 4.90 Å². The second-order valence-electron chi connectivity index (χ2n) is 4.40. The molecule has 0 unspecified atom stereocenters. The predicted molar refractivity (Wildman–Crippen MR) is 93.5 cm³/mol. The van der Waals surface area contributed by atoms with E-state index in [0.29, 0.717) is 23.0 Å². The lowest BCUT2D eigenvalue weighted by molar-refractivity contribution is -0.125. The molecule has 0 aromatic heterocycles. The highest BCUT2D eigenvalue weighted by atomic mass is 79.9. The zero-order valence-corrected chi connectivity index (χ0v) is 14.7. The van der Waals surface area contributed by atoms with Gasteiger partial charge in [0.25, 0.3) is 0 Å². The molecule has 1 aliphatic rings. The largest absolute Gasteiger partial charge is 0.481 e. The zero-order valence-electron chi connectivity index (χ0n) is 11.5. The molecule has 6 heteroatoms. The van der Waals surface area contributed by atoms with Gasteiger partial charge < -0.3 is 4.74 Å². The van der Waals surface area contributed by atoms with Crippen LogP contribution in [-0.4, -0.2) is 33.5 Å². The Balaban J connectivity index is 2.19. The monoisotopic (exact) mass is 383 g/mol. The number of benzene rings is 1. The van der Waals surface area contributed by atoms with Crippen LogP contribution in [0.15, 0.2) is 22.7 Å². The molecule has 21 heavy (non-hydrogen) atoms. The second-order valence-corrected chi connectivity index (χ2v) is 7.16. The summed E-state index contributed by atoms with van der Waals surface area (Å²) < 4.78 is 7.13. The Kier molecular flexibility index (Phi) is 5.68. The number of thiocarbonyl (C=S) groups is 1. The zero-order chi connectivity index (χ0) is 15.4. The topological polar surface area (TPSA) is 29.5 Å². The van der Waals surface area contributed by atoms with Crippen LogP contribution < -0.4 is 4.74 Å². The molecule has 1 aromatic rings. The Morgan fingerprint density at radius 3 is 2.95 bits per heavy atom. The summed E-state index contributed by atoms with van der Waals surface area (Å²) in [5.74, 6) is 3.23. The van der Waals surface area contributed by atoms with E-state index in [4.69, 9.17) is 23.4 Å². The SMILES string of the molecule is C#CCOc1ccc(Br)cc1C[C@H]1SC(=S)N(CC)C1=O. The van der Waals surface area contributed by atoms with E-state index in [9.17, 15) is 4.79 Å². The van der Waals surface area contributed by atoms with Crippen molar-refractivity contribution in [3.8, 4) is 18.1 Å². The quantitative estimate of drug-likeness (QED) is 0.576. The van der Waals surface area contributed by atoms with Crippen molar-refractivity contribution < 1.29 is 9.53 Å². The van der Waals surface area contributed by atoms with E-state index < -0.39 is 0 Å². The number of nitrogens with zero attached hydrogens (tertiary/aromatic N) is 1. The van der Waals surface area contributed by atoms with Gasteiger partial charge >= 0.3 is 0 Å². The van der Waals surface area contributed by atoms with Crippen LogP contribution >= 0.6 is 39.9 Å². The fourth-order valence-electron chi connectivity index (χ4n) is 2.08. The summed E-state index contributed by atoms with van der Waals surface area (Å²) in [6.45, 7) is 2.74. The number of terminal acetylenes is 1. The van der Waals surface area contributed by atoms with Crippen molar-refractivity contribution in [2.75, 3.05) is 13.2 Å². The number of thioether (sulfide) groups is 1. The molecule has 0 radical (unpaired) electrons. The van der Waals surface area contributed by atoms with Crippen molar-refractivity contribution in [1.82, 2.24) is 4.90 Å². The van der Waals surface area contributed by atoms with Crippen molar-refractivity contribution in [2.24, 2.45) is 0 Å². The van der Waals surface area contributed by atoms with Crippen molar-refractivity contribution in [3.63, 3.8) is 0 Å². The van der Waals surface area contributed by atoms with Gasteiger partial charge in [-0.15, -0.1) is 6.42 Å². The molecule has 1 saturated heterocycles. The van der Waals surface area contributed by atoms with Crippen molar-refractivity contribution in [2.45, 2.75) is 18.6 Å². The maximum Gasteiger partial charge on any atom is 0.241 e. The van der Waals surface area contributed by atoms with Gasteiger partial charge in [-0.1, -0.05) is 45.8 Å². The Morgan fingerprint density at radius 2 is 2.33 bits per heavy atom. The number of hydrogen-bond donors (Lipinski definition) is 0. The standard InChI is InChI=1S/C15H14BrNO2S2/c1-3-7-19-12-6-5-11(16)8-10(12)9-13-14(18)17(4-2)15(20)21-13/h1,5-6,8,13H,4,7,9H2,2H3/t13-/m1/s1. The third-order valence-electron chi connectivity index (χ3n) is 3.06. The molecular formula is C15H14BrNO2S2. The average Bonchev–Trinajstić information content (AvgIpc) is 2.72. The number of amides is 1. The number of hydrogen-bond acceptors (Lipinski definition) is 4. The van der Waals surface area contributed by atoms with E-state index in [0.717, 1.165) is 10.0 Å². The molecule has 0 N–H and O–H groups in total. The summed E-state index contributed by atoms with van der Waals surface area (Å²) in [4.78, 5) is 13.9. The van der Waals surface area contributed by atoms with Crippen LogP contribution in [-0.2, 0) is 11.2 Å². The van der Waals surface area contributed by atoms with Crippen LogP contribution in [0.4, 0.5) is 0 Å². The molecule has 1 atom stereocenters. The first kappa shape index (κ1) is 16.3. The van der Waals surface area contributed by atoms with Gasteiger partial charge in [-0.05, 0) is 37.1 Å².